The van der Waals surface area contributed by atoms with Crippen LogP contribution in [0.3, 0.4) is 0 Å². The number of H-pyrrole nitrogens is 2. The van der Waals surface area contributed by atoms with Crippen molar-refractivity contribution in [3.8, 4) is 0 Å². The van der Waals surface area contributed by atoms with Crippen molar-refractivity contribution in [3.63, 3.8) is 0 Å². The van der Waals surface area contributed by atoms with Gasteiger partial charge < -0.3 is 30.0 Å². The molecular weight excluding hydrogens is 786 g/mol. The Morgan fingerprint density at radius 2 is 1.22 bits per heavy atom. The number of unbranched alkanes of at least 4 members (excludes halogenated alkanes) is 7. The van der Waals surface area contributed by atoms with Crippen LogP contribution in [0.15, 0.2) is 52.0 Å². The molecule has 0 aliphatic heterocycles. The molecule has 0 saturated carbocycles. The highest BCUT2D eigenvalue weighted by Gasteiger charge is 2.11. The molecule has 0 aliphatic rings. The normalized spacial score (nSPS) is 10.9. The SMILES string of the molecule is C=CC(=O)OCC(C)O.C=CC(=O)OCC(C)OC(=O)CCCCCCCNC(=O)Nc1nc(C)cc(=O)[nH]1.Cc1cc(=O)[nH]c(NC(=O)NCCCCCCN=C=O)n1. The first-order valence-electron chi connectivity index (χ1n) is 19.3. The van der Waals surface area contributed by atoms with Crippen molar-refractivity contribution in [2.45, 2.75) is 104 Å². The second-order valence-electron chi connectivity index (χ2n) is 13.0. The van der Waals surface area contributed by atoms with Crippen molar-refractivity contribution in [3.05, 3.63) is 69.5 Å². The van der Waals surface area contributed by atoms with E-state index in [4.69, 9.17) is 14.6 Å². The molecule has 2 rings (SSSR count). The first-order chi connectivity index (χ1) is 28.6. The van der Waals surface area contributed by atoms with Gasteiger partial charge in [0.2, 0.25) is 18.0 Å². The molecule has 0 fully saturated rings. The van der Waals surface area contributed by atoms with Gasteiger partial charge in [0.25, 0.3) is 11.1 Å². The maximum absolute atomic E-state index is 11.8. The lowest BCUT2D eigenvalue weighted by Gasteiger charge is -2.12. The number of aromatic amines is 2. The molecule has 0 saturated heterocycles. The number of anilines is 2. The lowest BCUT2D eigenvalue weighted by Crippen LogP contribution is -2.31. The summed E-state index contributed by atoms with van der Waals surface area (Å²) in [5, 5.41) is 18.9. The van der Waals surface area contributed by atoms with E-state index < -0.39 is 36.2 Å². The highest BCUT2D eigenvalue weighted by Crippen LogP contribution is 2.07. The van der Waals surface area contributed by atoms with Crippen LogP contribution in [0, 0.1) is 13.8 Å². The minimum Gasteiger partial charge on any atom is -0.460 e. The van der Waals surface area contributed by atoms with Gasteiger partial charge in [0.15, 0.2) is 0 Å². The summed E-state index contributed by atoms with van der Waals surface area (Å²) in [5.41, 5.74) is 0.415. The van der Waals surface area contributed by atoms with Crippen molar-refractivity contribution < 1.29 is 48.1 Å². The summed E-state index contributed by atoms with van der Waals surface area (Å²) in [6.07, 6.45) is 10.6. The van der Waals surface area contributed by atoms with E-state index in [0.717, 1.165) is 63.5 Å². The van der Waals surface area contributed by atoms with Crippen LogP contribution in [-0.4, -0.2) is 106 Å². The molecule has 21 heteroatoms. The van der Waals surface area contributed by atoms with Crippen molar-refractivity contribution in [1.82, 2.24) is 30.6 Å². The van der Waals surface area contributed by atoms with Crippen molar-refractivity contribution in [2.24, 2.45) is 4.99 Å². The molecule has 0 aromatic carbocycles. The summed E-state index contributed by atoms with van der Waals surface area (Å²) >= 11 is 0. The number of hydrogen-bond acceptors (Lipinski definition) is 15. The number of aliphatic imine (C=N–C) groups is 1. The van der Waals surface area contributed by atoms with Gasteiger partial charge in [-0.05, 0) is 53.4 Å². The van der Waals surface area contributed by atoms with Crippen LogP contribution in [0.2, 0.25) is 0 Å². The maximum atomic E-state index is 11.8. The van der Waals surface area contributed by atoms with Gasteiger partial charge in [-0.2, -0.15) is 0 Å². The Balaban J connectivity index is 0.00000100. The first-order valence-corrected chi connectivity index (χ1v) is 19.3. The summed E-state index contributed by atoms with van der Waals surface area (Å²) in [6, 6.07) is 1.84. The maximum Gasteiger partial charge on any atom is 0.330 e. The molecule has 2 aromatic rings. The molecule has 0 aliphatic carbocycles. The Morgan fingerprint density at radius 3 is 1.67 bits per heavy atom. The third-order valence-corrected chi connectivity index (χ3v) is 7.19. The standard InChI is InChI=1S/C20H30N4O6.C13H19N5O3.C6H10O3/c1-4-17(26)29-13-15(3)30-18(27)10-8-6-5-7-9-11-21-20(28)24-19-22-14(2)12-16(25)23-19;1-10-8-11(20)17-12(16-10)18-13(21)15-7-5-3-2-4-6-14-9-19;1-3-6(8)9-4-5(2)7/h4,12,15H,1,5-11,13H2,2-3H3,(H3,21,22,23,24,25,28);8H,2-7H2,1H3,(H3,15,16,17,18,20,21);3,5,7H,1,4H2,2H3. The topological polar surface area (TPSA) is 302 Å². The number of ether oxygens (including phenoxy) is 3. The molecule has 7 N–H and O–H groups in total. The Hall–Kier alpha value is -6.47. The average molecular weight is 846 g/mol. The van der Waals surface area contributed by atoms with Gasteiger partial charge in [-0.3, -0.25) is 35.0 Å². The summed E-state index contributed by atoms with van der Waals surface area (Å²) in [6.45, 7) is 14.6. The molecule has 4 amide bonds. The van der Waals surface area contributed by atoms with E-state index in [0.29, 0.717) is 43.9 Å². The Labute approximate surface area is 348 Å². The molecule has 2 aromatic heterocycles. The van der Waals surface area contributed by atoms with Crippen LogP contribution in [0.1, 0.15) is 89.4 Å². The molecule has 332 valence electrons. The molecule has 0 bridgehead atoms. The largest absolute Gasteiger partial charge is 0.460 e. The number of urea groups is 2. The van der Waals surface area contributed by atoms with E-state index in [1.807, 2.05) is 0 Å². The second kappa shape index (κ2) is 33.5. The summed E-state index contributed by atoms with van der Waals surface area (Å²) < 4.78 is 14.4. The molecule has 2 unspecified atom stereocenters. The lowest BCUT2D eigenvalue weighted by atomic mass is 10.1. The Morgan fingerprint density at radius 1 is 0.767 bits per heavy atom. The molecule has 0 radical (unpaired) electrons. The van der Waals surface area contributed by atoms with Crippen molar-refractivity contribution in [2.75, 3.05) is 43.5 Å². The fourth-order valence-corrected chi connectivity index (χ4v) is 4.46. The Bertz CT molecular complexity index is 1810. The van der Waals surface area contributed by atoms with Crippen LogP contribution in [0.5, 0.6) is 0 Å². The molecule has 2 atom stereocenters. The van der Waals surface area contributed by atoms with Crippen LogP contribution in [-0.2, 0) is 33.4 Å². The number of nitrogens with zero attached hydrogens (tertiary/aromatic N) is 3. The number of isocyanates is 1. The first kappa shape index (κ1) is 53.5. The van der Waals surface area contributed by atoms with Gasteiger partial charge >= 0.3 is 30.0 Å². The highest BCUT2D eigenvalue weighted by atomic mass is 16.6. The molecule has 2 heterocycles. The number of rotatable bonds is 24. The lowest BCUT2D eigenvalue weighted by molar-refractivity contribution is -0.155. The summed E-state index contributed by atoms with van der Waals surface area (Å²) in [7, 11) is 0. The number of aromatic nitrogens is 4. The van der Waals surface area contributed by atoms with Crippen LogP contribution < -0.4 is 32.4 Å². The molecule has 60 heavy (non-hydrogen) atoms. The fraction of sp³-hybridized carbons (Fsp3) is 0.538. The predicted octanol–water partition coefficient (Wildman–Crippen LogP) is 3.39. The van der Waals surface area contributed by atoms with E-state index >= 15 is 0 Å². The second-order valence-corrected chi connectivity index (χ2v) is 13.0. The Kier molecular flexibility index (Phi) is 29.9. The zero-order valence-electron chi connectivity index (χ0n) is 34.8. The van der Waals surface area contributed by atoms with E-state index in [9.17, 15) is 38.4 Å². The van der Waals surface area contributed by atoms with Gasteiger partial charge in [-0.15, -0.1) is 0 Å². The summed E-state index contributed by atoms with van der Waals surface area (Å²) in [4.78, 5) is 105. The van der Waals surface area contributed by atoms with Crippen LogP contribution in [0.25, 0.3) is 0 Å². The van der Waals surface area contributed by atoms with Crippen molar-refractivity contribution >= 4 is 47.9 Å². The van der Waals surface area contributed by atoms with E-state index in [2.05, 4.69) is 64.1 Å². The van der Waals surface area contributed by atoms with Crippen molar-refractivity contribution in [1.29, 1.82) is 0 Å². The fourth-order valence-electron chi connectivity index (χ4n) is 4.46. The number of amides is 4. The third-order valence-electron chi connectivity index (χ3n) is 7.19. The van der Waals surface area contributed by atoms with Gasteiger partial charge in [0.05, 0.1) is 12.6 Å². The zero-order valence-corrected chi connectivity index (χ0v) is 34.8. The zero-order chi connectivity index (χ0) is 45.1. The number of aliphatic hydroxyl groups is 1. The predicted molar refractivity (Wildman–Crippen MR) is 222 cm³/mol. The number of aryl methyl sites for hydroxylation is 2. The van der Waals surface area contributed by atoms with Crippen LogP contribution >= 0.6 is 0 Å². The van der Waals surface area contributed by atoms with Gasteiger partial charge in [-0.1, -0.05) is 45.3 Å². The quantitative estimate of drug-likeness (QED) is 0.0199. The van der Waals surface area contributed by atoms with E-state index in [1.165, 1.54) is 25.1 Å². The minimum absolute atomic E-state index is 0.00714. The number of carbonyl (C=O) groups excluding carboxylic acids is 6. The van der Waals surface area contributed by atoms with Crippen LogP contribution in [0.4, 0.5) is 21.5 Å². The number of nitrogens with one attached hydrogen (secondary N) is 6. The highest BCUT2D eigenvalue weighted by molar-refractivity contribution is 5.87. The molecule has 21 nitrogen and oxygen atoms in total. The van der Waals surface area contributed by atoms with Gasteiger partial charge in [0, 0.05) is 55.2 Å². The smallest absolute Gasteiger partial charge is 0.330 e. The van der Waals surface area contributed by atoms with Gasteiger partial charge in [0.1, 0.15) is 19.3 Å². The molecule has 0 spiro atoms. The minimum atomic E-state index is -0.603. The number of hydrogen-bond donors (Lipinski definition) is 7. The van der Waals surface area contributed by atoms with E-state index in [1.54, 1.807) is 20.8 Å². The third kappa shape index (κ3) is 31.6. The number of carbonyl (C=O) groups is 5. The number of aliphatic hydroxyl groups excluding tert-OH is 1. The van der Waals surface area contributed by atoms with Gasteiger partial charge in [-0.25, -0.2) is 38.9 Å². The van der Waals surface area contributed by atoms with E-state index in [-0.39, 0.29) is 42.2 Å². The number of esters is 3. The summed E-state index contributed by atoms with van der Waals surface area (Å²) in [5.74, 6) is -1.14. The molecular formula is C39H59N9O12. The average Bonchev–Trinajstić information content (AvgIpc) is 3.17. The monoisotopic (exact) mass is 845 g/mol.